The summed E-state index contributed by atoms with van der Waals surface area (Å²) in [7, 11) is 0. The summed E-state index contributed by atoms with van der Waals surface area (Å²) in [6.07, 6.45) is 3.54. The van der Waals surface area contributed by atoms with Gasteiger partial charge in [-0.15, -0.1) is 0 Å². The van der Waals surface area contributed by atoms with Crippen LogP contribution in [0.15, 0.2) is 18.2 Å². The van der Waals surface area contributed by atoms with Gasteiger partial charge in [0.25, 0.3) is 0 Å². The van der Waals surface area contributed by atoms with E-state index in [9.17, 15) is 0 Å². The van der Waals surface area contributed by atoms with E-state index in [1.807, 2.05) is 0 Å². The second-order valence-electron chi connectivity index (χ2n) is 5.49. The number of ether oxygens (including phenoxy) is 1. The molecule has 0 aromatic heterocycles. The van der Waals surface area contributed by atoms with E-state index >= 15 is 0 Å². The summed E-state index contributed by atoms with van der Waals surface area (Å²) in [4.78, 5) is 0. The van der Waals surface area contributed by atoms with Gasteiger partial charge in [-0.25, -0.2) is 0 Å². The summed E-state index contributed by atoms with van der Waals surface area (Å²) >= 11 is 0. The van der Waals surface area contributed by atoms with Crippen molar-refractivity contribution < 1.29 is 4.74 Å². The fourth-order valence-corrected chi connectivity index (χ4v) is 2.74. The van der Waals surface area contributed by atoms with Gasteiger partial charge < -0.3 is 10.1 Å². The zero-order valence-corrected chi connectivity index (χ0v) is 11.8. The first-order valence-electron chi connectivity index (χ1n) is 7.08. The van der Waals surface area contributed by atoms with Crippen LogP contribution in [0.25, 0.3) is 0 Å². The van der Waals surface area contributed by atoms with Crippen LogP contribution in [0.1, 0.15) is 48.9 Å². The highest BCUT2D eigenvalue weighted by atomic mass is 16.5. The number of rotatable bonds is 3. The third-order valence-corrected chi connectivity index (χ3v) is 3.84. The Hall–Kier alpha value is -0.860. The van der Waals surface area contributed by atoms with Gasteiger partial charge in [0, 0.05) is 25.3 Å². The van der Waals surface area contributed by atoms with Gasteiger partial charge in [-0.1, -0.05) is 23.8 Å². The zero-order valence-electron chi connectivity index (χ0n) is 11.8. The molecule has 0 bridgehead atoms. The quantitative estimate of drug-likeness (QED) is 0.882. The Bertz CT molecular complexity index is 381. The third-order valence-electron chi connectivity index (χ3n) is 3.84. The van der Waals surface area contributed by atoms with Crippen molar-refractivity contribution >= 4 is 0 Å². The van der Waals surface area contributed by atoms with Crippen molar-refractivity contribution in [3.63, 3.8) is 0 Å². The Morgan fingerprint density at radius 3 is 2.89 bits per heavy atom. The summed E-state index contributed by atoms with van der Waals surface area (Å²) < 4.78 is 5.51. The number of aryl methyl sites for hydroxylation is 2. The molecule has 1 aliphatic heterocycles. The molecule has 2 unspecified atom stereocenters. The van der Waals surface area contributed by atoms with Crippen LogP contribution in [0.5, 0.6) is 0 Å². The highest BCUT2D eigenvalue weighted by Gasteiger charge is 2.16. The minimum Gasteiger partial charge on any atom is -0.381 e. The minimum absolute atomic E-state index is 0.424. The van der Waals surface area contributed by atoms with E-state index in [2.05, 4.69) is 44.3 Å². The Labute approximate surface area is 111 Å². The van der Waals surface area contributed by atoms with Gasteiger partial charge in [0.1, 0.15) is 0 Å². The van der Waals surface area contributed by atoms with E-state index in [1.165, 1.54) is 29.5 Å². The zero-order chi connectivity index (χ0) is 13.0. The van der Waals surface area contributed by atoms with Crippen molar-refractivity contribution in [1.82, 2.24) is 5.32 Å². The van der Waals surface area contributed by atoms with Gasteiger partial charge in [0.05, 0.1) is 0 Å². The molecule has 0 radical (unpaired) electrons. The third kappa shape index (κ3) is 3.56. The normalized spacial score (nSPS) is 22.5. The molecule has 2 rings (SSSR count). The van der Waals surface area contributed by atoms with Gasteiger partial charge in [-0.2, -0.15) is 0 Å². The van der Waals surface area contributed by atoms with E-state index in [4.69, 9.17) is 4.74 Å². The van der Waals surface area contributed by atoms with Gasteiger partial charge in [-0.05, 0) is 51.2 Å². The summed E-state index contributed by atoms with van der Waals surface area (Å²) in [6, 6.07) is 7.74. The molecule has 2 atom stereocenters. The summed E-state index contributed by atoms with van der Waals surface area (Å²) in [5.41, 5.74) is 4.15. The maximum absolute atomic E-state index is 5.51. The van der Waals surface area contributed by atoms with Crippen LogP contribution in [0.3, 0.4) is 0 Å². The first-order chi connectivity index (χ1) is 8.66. The molecule has 2 heteroatoms. The molecule has 0 saturated carbocycles. The average Bonchev–Trinajstić information content (AvgIpc) is 2.61. The van der Waals surface area contributed by atoms with Crippen molar-refractivity contribution in [1.29, 1.82) is 0 Å². The average molecular weight is 247 g/mol. The molecule has 2 nitrogen and oxygen atoms in total. The van der Waals surface area contributed by atoms with Gasteiger partial charge in [0.15, 0.2) is 0 Å². The highest BCUT2D eigenvalue weighted by molar-refractivity contribution is 5.32. The summed E-state index contributed by atoms with van der Waals surface area (Å²) in [6.45, 7) is 8.46. The second-order valence-corrected chi connectivity index (χ2v) is 5.49. The summed E-state index contributed by atoms with van der Waals surface area (Å²) in [5.74, 6) is 0. The number of hydrogen-bond donors (Lipinski definition) is 1. The molecule has 1 N–H and O–H groups in total. The van der Waals surface area contributed by atoms with E-state index in [0.717, 1.165) is 19.6 Å². The minimum atomic E-state index is 0.424. The molecule has 100 valence electrons. The fourth-order valence-electron chi connectivity index (χ4n) is 2.74. The smallest absolute Gasteiger partial charge is 0.0480 e. The molecule has 0 aliphatic carbocycles. The maximum atomic E-state index is 5.51. The van der Waals surface area contributed by atoms with Crippen LogP contribution in [0.4, 0.5) is 0 Å². The van der Waals surface area contributed by atoms with Crippen molar-refractivity contribution in [3.05, 3.63) is 34.9 Å². The van der Waals surface area contributed by atoms with E-state index in [0.29, 0.717) is 12.1 Å². The Kier molecular flexibility index (Phi) is 4.79. The Balaban J connectivity index is 2.01. The lowest BCUT2D eigenvalue weighted by atomic mass is 9.98. The van der Waals surface area contributed by atoms with Crippen molar-refractivity contribution in [3.8, 4) is 0 Å². The molecule has 1 aromatic rings. The van der Waals surface area contributed by atoms with Gasteiger partial charge >= 0.3 is 0 Å². The van der Waals surface area contributed by atoms with Crippen LogP contribution >= 0.6 is 0 Å². The van der Waals surface area contributed by atoms with Crippen LogP contribution in [-0.4, -0.2) is 19.3 Å². The molecule has 0 spiro atoms. The van der Waals surface area contributed by atoms with E-state index in [-0.39, 0.29) is 0 Å². The monoisotopic (exact) mass is 247 g/mol. The van der Waals surface area contributed by atoms with E-state index < -0.39 is 0 Å². The molecule has 1 aliphatic rings. The maximum Gasteiger partial charge on any atom is 0.0480 e. The second kappa shape index (κ2) is 6.35. The van der Waals surface area contributed by atoms with Crippen molar-refractivity contribution in [2.24, 2.45) is 0 Å². The van der Waals surface area contributed by atoms with E-state index in [1.54, 1.807) is 0 Å². The molecule has 1 saturated heterocycles. The SMILES string of the molecule is Cc1ccc(C)c(C(C)NC2CCCOCC2)c1. The topological polar surface area (TPSA) is 21.3 Å². The first kappa shape index (κ1) is 13.6. The van der Waals surface area contributed by atoms with Crippen LogP contribution < -0.4 is 5.32 Å². The van der Waals surface area contributed by atoms with Crippen LogP contribution in [0, 0.1) is 13.8 Å². The van der Waals surface area contributed by atoms with Crippen molar-refractivity contribution in [2.45, 2.75) is 52.1 Å². The first-order valence-corrected chi connectivity index (χ1v) is 7.08. The summed E-state index contributed by atoms with van der Waals surface area (Å²) in [5, 5.41) is 3.76. The molecular formula is C16H25NO. The van der Waals surface area contributed by atoms with Gasteiger partial charge in [-0.3, -0.25) is 0 Å². The van der Waals surface area contributed by atoms with Crippen LogP contribution in [-0.2, 0) is 4.74 Å². The largest absolute Gasteiger partial charge is 0.381 e. The lowest BCUT2D eigenvalue weighted by molar-refractivity contribution is 0.142. The molecule has 18 heavy (non-hydrogen) atoms. The molecule has 1 aromatic carbocycles. The highest BCUT2D eigenvalue weighted by Crippen LogP contribution is 2.21. The van der Waals surface area contributed by atoms with Crippen molar-refractivity contribution in [2.75, 3.05) is 13.2 Å². The van der Waals surface area contributed by atoms with Gasteiger partial charge in [0.2, 0.25) is 0 Å². The lowest BCUT2D eigenvalue weighted by Crippen LogP contribution is -2.32. The predicted molar refractivity (Wildman–Crippen MR) is 75.9 cm³/mol. The van der Waals surface area contributed by atoms with Crippen LogP contribution in [0.2, 0.25) is 0 Å². The molecule has 0 amide bonds. The number of hydrogen-bond acceptors (Lipinski definition) is 2. The number of benzene rings is 1. The molecule has 1 heterocycles. The lowest BCUT2D eigenvalue weighted by Gasteiger charge is -2.23. The Morgan fingerprint density at radius 1 is 1.22 bits per heavy atom. The standard InChI is InChI=1S/C16H25NO/c1-12-6-7-13(2)16(11-12)14(3)17-15-5-4-9-18-10-8-15/h6-7,11,14-15,17H,4-5,8-10H2,1-3H3. The Morgan fingerprint density at radius 2 is 2.06 bits per heavy atom. The number of nitrogens with one attached hydrogen (secondary N) is 1. The molecule has 1 fully saturated rings. The predicted octanol–water partition coefficient (Wildman–Crippen LogP) is 3.52. The fraction of sp³-hybridized carbons (Fsp3) is 0.625. The molecular weight excluding hydrogens is 222 g/mol.